The van der Waals surface area contributed by atoms with Crippen LogP contribution in [0.2, 0.25) is 0 Å². The summed E-state index contributed by atoms with van der Waals surface area (Å²) >= 11 is 0. The largest absolute Gasteiger partial charge is 0.352 e. The van der Waals surface area contributed by atoms with Crippen LogP contribution in [0.1, 0.15) is 55.3 Å². The molecule has 4 rings (SSSR count). The van der Waals surface area contributed by atoms with Crippen molar-refractivity contribution in [2.75, 3.05) is 6.54 Å². The third-order valence-corrected chi connectivity index (χ3v) is 6.52. The number of hydrogen-bond donors (Lipinski definition) is 1. The topological polar surface area (TPSA) is 67.2 Å². The van der Waals surface area contributed by atoms with E-state index >= 15 is 0 Å². The van der Waals surface area contributed by atoms with E-state index < -0.39 is 0 Å². The number of carbonyl (C=O) groups excluding carboxylic acids is 1. The predicted molar refractivity (Wildman–Crippen MR) is 117 cm³/mol. The van der Waals surface area contributed by atoms with Crippen molar-refractivity contribution in [1.29, 1.82) is 0 Å². The highest BCUT2D eigenvalue weighted by Gasteiger charge is 2.24. The van der Waals surface area contributed by atoms with E-state index in [0.29, 0.717) is 18.8 Å². The summed E-state index contributed by atoms with van der Waals surface area (Å²) in [5, 5.41) is 3.12. The molecule has 0 radical (unpaired) electrons. The Morgan fingerprint density at radius 3 is 2.63 bits per heavy atom. The van der Waals surface area contributed by atoms with Crippen molar-refractivity contribution in [1.82, 2.24) is 19.8 Å². The standard InChI is InChI=1S/C24H32N4O2/c1-17-8-10-20(11-9-17)26-23(29)16-28-18(2)25-22-15-27(13-12-21(22)24(28)30)14-19-6-4-3-5-7-19/h3-7,17,20H,8-16H2,1-2H3,(H,26,29). The molecule has 160 valence electrons. The highest BCUT2D eigenvalue weighted by molar-refractivity contribution is 5.76. The number of benzene rings is 1. The lowest BCUT2D eigenvalue weighted by Crippen LogP contribution is -2.43. The molecule has 1 fully saturated rings. The minimum absolute atomic E-state index is 0.0516. The number of amides is 1. The lowest BCUT2D eigenvalue weighted by molar-refractivity contribution is -0.122. The molecule has 1 aromatic carbocycles. The summed E-state index contributed by atoms with van der Waals surface area (Å²) in [6.07, 6.45) is 5.05. The van der Waals surface area contributed by atoms with E-state index in [2.05, 4.69) is 29.3 Å². The van der Waals surface area contributed by atoms with Crippen LogP contribution < -0.4 is 10.9 Å². The average Bonchev–Trinajstić information content (AvgIpc) is 2.73. The van der Waals surface area contributed by atoms with Crippen molar-refractivity contribution < 1.29 is 4.79 Å². The molecule has 6 nitrogen and oxygen atoms in total. The first-order chi connectivity index (χ1) is 14.5. The fourth-order valence-electron chi connectivity index (χ4n) is 4.68. The molecule has 1 aliphatic heterocycles. The van der Waals surface area contributed by atoms with Crippen molar-refractivity contribution in [3.8, 4) is 0 Å². The van der Waals surface area contributed by atoms with E-state index in [0.717, 1.165) is 55.9 Å². The summed E-state index contributed by atoms with van der Waals surface area (Å²) in [6, 6.07) is 10.6. The Hall–Kier alpha value is -2.47. The second-order valence-electron chi connectivity index (χ2n) is 8.95. The summed E-state index contributed by atoms with van der Waals surface area (Å²) in [7, 11) is 0. The van der Waals surface area contributed by atoms with Crippen molar-refractivity contribution >= 4 is 5.91 Å². The fraction of sp³-hybridized carbons (Fsp3) is 0.542. The third kappa shape index (κ3) is 4.81. The highest BCUT2D eigenvalue weighted by Crippen LogP contribution is 2.23. The first-order valence-electron chi connectivity index (χ1n) is 11.1. The molecule has 1 amide bonds. The second-order valence-corrected chi connectivity index (χ2v) is 8.95. The van der Waals surface area contributed by atoms with Gasteiger partial charge in [-0.15, -0.1) is 0 Å². The van der Waals surface area contributed by atoms with Crippen LogP contribution in [0.3, 0.4) is 0 Å². The fourth-order valence-corrected chi connectivity index (χ4v) is 4.68. The highest BCUT2D eigenvalue weighted by atomic mass is 16.2. The van der Waals surface area contributed by atoms with Crippen LogP contribution in [0, 0.1) is 12.8 Å². The second kappa shape index (κ2) is 9.13. The molecule has 6 heteroatoms. The number of fused-ring (bicyclic) bond motifs is 1. The number of aryl methyl sites for hydroxylation is 1. The third-order valence-electron chi connectivity index (χ3n) is 6.52. The Morgan fingerprint density at radius 2 is 1.90 bits per heavy atom. The first-order valence-corrected chi connectivity index (χ1v) is 11.1. The molecule has 0 unspecified atom stereocenters. The number of hydrogen-bond acceptors (Lipinski definition) is 4. The Labute approximate surface area is 178 Å². The maximum atomic E-state index is 13.1. The summed E-state index contributed by atoms with van der Waals surface area (Å²) in [5.41, 5.74) is 2.84. The van der Waals surface area contributed by atoms with Gasteiger partial charge in [0, 0.05) is 31.2 Å². The lowest BCUT2D eigenvalue weighted by Gasteiger charge is -2.29. The summed E-state index contributed by atoms with van der Waals surface area (Å²) in [4.78, 5) is 32.7. The molecule has 0 spiro atoms. The van der Waals surface area contributed by atoms with E-state index in [1.165, 1.54) is 5.56 Å². The number of aromatic nitrogens is 2. The van der Waals surface area contributed by atoms with Crippen LogP contribution in [0.25, 0.3) is 0 Å². The van der Waals surface area contributed by atoms with Gasteiger partial charge < -0.3 is 5.32 Å². The number of nitrogens with zero attached hydrogens (tertiary/aromatic N) is 3. The van der Waals surface area contributed by atoms with Gasteiger partial charge >= 0.3 is 0 Å². The molecular formula is C24H32N4O2. The van der Waals surface area contributed by atoms with E-state index in [-0.39, 0.29) is 24.1 Å². The van der Waals surface area contributed by atoms with Crippen LogP contribution in [0.5, 0.6) is 0 Å². The molecule has 0 bridgehead atoms. The minimum atomic E-state index is -0.0805. The zero-order chi connectivity index (χ0) is 21.1. The SMILES string of the molecule is Cc1nc2c(c(=O)n1CC(=O)NC1CCC(C)CC1)CCN(Cc1ccccc1)C2. The Bertz CT molecular complexity index is 946. The van der Waals surface area contributed by atoms with Gasteiger partial charge in [-0.1, -0.05) is 37.3 Å². The molecular weight excluding hydrogens is 376 g/mol. The zero-order valence-electron chi connectivity index (χ0n) is 18.1. The molecule has 1 N–H and O–H groups in total. The van der Waals surface area contributed by atoms with Crippen LogP contribution >= 0.6 is 0 Å². The van der Waals surface area contributed by atoms with Gasteiger partial charge in [0.1, 0.15) is 12.4 Å². The normalized spacial score (nSPS) is 21.8. The van der Waals surface area contributed by atoms with Crippen LogP contribution in [-0.4, -0.2) is 32.9 Å². The van der Waals surface area contributed by atoms with Crippen LogP contribution in [0.4, 0.5) is 0 Å². The number of carbonyl (C=O) groups is 1. The van der Waals surface area contributed by atoms with Gasteiger partial charge in [0.25, 0.3) is 5.56 Å². The molecule has 1 aliphatic carbocycles. The quantitative estimate of drug-likeness (QED) is 0.826. The van der Waals surface area contributed by atoms with Gasteiger partial charge in [-0.2, -0.15) is 0 Å². The molecule has 2 aromatic rings. The summed E-state index contributed by atoms with van der Waals surface area (Å²) < 4.78 is 1.55. The van der Waals surface area contributed by atoms with E-state index in [9.17, 15) is 9.59 Å². The summed E-state index contributed by atoms with van der Waals surface area (Å²) in [6.45, 7) is 6.51. The molecule has 1 saturated carbocycles. The van der Waals surface area contributed by atoms with Crippen molar-refractivity contribution in [3.63, 3.8) is 0 Å². The summed E-state index contributed by atoms with van der Waals surface area (Å²) in [5.74, 6) is 1.28. The van der Waals surface area contributed by atoms with E-state index in [4.69, 9.17) is 4.98 Å². The molecule has 0 saturated heterocycles. The average molecular weight is 409 g/mol. The zero-order valence-corrected chi connectivity index (χ0v) is 18.1. The number of nitrogens with one attached hydrogen (secondary N) is 1. The Kier molecular flexibility index (Phi) is 6.32. The van der Waals surface area contributed by atoms with Gasteiger partial charge in [-0.05, 0) is 50.5 Å². The molecule has 0 atom stereocenters. The maximum absolute atomic E-state index is 13.1. The van der Waals surface area contributed by atoms with Gasteiger partial charge in [0.05, 0.1) is 5.69 Å². The van der Waals surface area contributed by atoms with Crippen molar-refractivity contribution in [3.05, 3.63) is 63.3 Å². The van der Waals surface area contributed by atoms with Gasteiger partial charge in [0.15, 0.2) is 0 Å². The predicted octanol–water partition coefficient (Wildman–Crippen LogP) is 2.80. The lowest BCUT2D eigenvalue weighted by atomic mass is 9.87. The molecule has 30 heavy (non-hydrogen) atoms. The minimum Gasteiger partial charge on any atom is -0.352 e. The molecule has 2 heterocycles. The Balaban J connectivity index is 1.43. The molecule has 2 aliphatic rings. The van der Waals surface area contributed by atoms with Crippen LogP contribution in [-0.2, 0) is 30.8 Å². The number of rotatable bonds is 5. The monoisotopic (exact) mass is 408 g/mol. The molecule has 1 aromatic heterocycles. The van der Waals surface area contributed by atoms with E-state index in [1.54, 1.807) is 4.57 Å². The first kappa shape index (κ1) is 20.8. The van der Waals surface area contributed by atoms with Gasteiger partial charge in [-0.3, -0.25) is 19.1 Å². The van der Waals surface area contributed by atoms with E-state index in [1.807, 2.05) is 25.1 Å². The van der Waals surface area contributed by atoms with Crippen LogP contribution in [0.15, 0.2) is 35.1 Å². The van der Waals surface area contributed by atoms with Crippen molar-refractivity contribution in [2.24, 2.45) is 5.92 Å². The van der Waals surface area contributed by atoms with Gasteiger partial charge in [-0.25, -0.2) is 4.98 Å². The van der Waals surface area contributed by atoms with Crippen molar-refractivity contribution in [2.45, 2.75) is 71.6 Å². The Morgan fingerprint density at radius 1 is 1.17 bits per heavy atom. The van der Waals surface area contributed by atoms with Gasteiger partial charge in [0.2, 0.25) is 5.91 Å². The smallest absolute Gasteiger partial charge is 0.257 e. The maximum Gasteiger partial charge on any atom is 0.257 e.